The summed E-state index contributed by atoms with van der Waals surface area (Å²) in [6, 6.07) is 9.37. The van der Waals surface area contributed by atoms with Crippen LogP contribution in [0.5, 0.6) is 0 Å². The van der Waals surface area contributed by atoms with Crippen LogP contribution in [0, 0.1) is 12.8 Å². The number of aliphatic hydroxyl groups excluding tert-OH is 1. The third kappa shape index (κ3) is 3.88. The summed E-state index contributed by atoms with van der Waals surface area (Å²) in [4.78, 5) is 37.9. The minimum Gasteiger partial charge on any atom is -0.393 e. The van der Waals surface area contributed by atoms with E-state index in [2.05, 4.69) is 10.3 Å². The number of amides is 1. The second-order valence-corrected chi connectivity index (χ2v) is 6.54. The van der Waals surface area contributed by atoms with E-state index in [0.29, 0.717) is 18.4 Å². The van der Waals surface area contributed by atoms with E-state index in [1.165, 1.54) is 10.8 Å². The first kappa shape index (κ1) is 17.2. The van der Waals surface area contributed by atoms with Crippen molar-refractivity contribution >= 4 is 5.91 Å². The van der Waals surface area contributed by atoms with Crippen LogP contribution in [0.1, 0.15) is 30.0 Å². The number of hydrogen-bond acceptors (Lipinski definition) is 4. The molecule has 0 aliphatic heterocycles. The molecule has 1 aromatic heterocycles. The number of nitrogens with zero attached hydrogens (tertiary/aromatic N) is 1. The number of aryl methyl sites for hydroxylation is 1. The molecule has 1 fully saturated rings. The fourth-order valence-electron chi connectivity index (χ4n) is 3.15. The third-order valence-electron chi connectivity index (χ3n) is 4.60. The van der Waals surface area contributed by atoms with Gasteiger partial charge in [-0.05, 0) is 31.2 Å². The van der Waals surface area contributed by atoms with E-state index < -0.39 is 11.2 Å². The van der Waals surface area contributed by atoms with Gasteiger partial charge in [-0.1, -0.05) is 30.3 Å². The topological polar surface area (TPSA) is 104 Å². The number of hydrogen-bond donors (Lipinski definition) is 3. The van der Waals surface area contributed by atoms with Crippen molar-refractivity contribution in [2.24, 2.45) is 5.92 Å². The Bertz CT molecular complexity index is 866. The molecule has 1 aromatic carbocycles. The maximum absolute atomic E-state index is 12.4. The molecule has 25 heavy (non-hydrogen) atoms. The third-order valence-corrected chi connectivity index (χ3v) is 4.60. The number of carbonyl (C=O) groups excluding carboxylic acids is 1. The molecule has 132 valence electrons. The highest BCUT2D eigenvalue weighted by atomic mass is 16.3. The number of nitrogens with one attached hydrogen (secondary N) is 2. The van der Waals surface area contributed by atoms with Crippen molar-refractivity contribution in [3.8, 4) is 0 Å². The number of carbonyl (C=O) groups is 1. The molecule has 0 bridgehead atoms. The molecule has 2 aromatic rings. The average Bonchev–Trinajstić information content (AvgIpc) is 2.56. The van der Waals surface area contributed by atoms with Gasteiger partial charge in [0, 0.05) is 11.8 Å². The Labute approximate surface area is 144 Å². The maximum Gasteiger partial charge on any atom is 0.328 e. The van der Waals surface area contributed by atoms with Gasteiger partial charge in [-0.25, -0.2) is 4.79 Å². The lowest BCUT2D eigenvalue weighted by atomic mass is 9.75. The Morgan fingerprint density at radius 3 is 2.64 bits per heavy atom. The predicted octanol–water partition coefficient (Wildman–Crippen LogP) is 0.473. The van der Waals surface area contributed by atoms with Crippen LogP contribution in [0.3, 0.4) is 0 Å². The van der Waals surface area contributed by atoms with E-state index in [1.54, 1.807) is 6.92 Å². The van der Waals surface area contributed by atoms with Crippen LogP contribution in [-0.2, 0) is 11.3 Å². The van der Waals surface area contributed by atoms with Gasteiger partial charge in [-0.2, -0.15) is 0 Å². The number of aliphatic hydroxyl groups is 1. The maximum atomic E-state index is 12.4. The molecule has 1 amide bonds. The molecular weight excluding hydrogens is 322 g/mol. The summed E-state index contributed by atoms with van der Waals surface area (Å²) in [7, 11) is 0. The molecule has 7 nitrogen and oxygen atoms in total. The van der Waals surface area contributed by atoms with Gasteiger partial charge in [0.1, 0.15) is 6.54 Å². The molecule has 1 atom stereocenters. The number of rotatable bonds is 5. The normalized spacial score (nSPS) is 20.6. The van der Waals surface area contributed by atoms with E-state index in [-0.39, 0.29) is 30.5 Å². The Morgan fingerprint density at radius 2 is 2.00 bits per heavy atom. The zero-order valence-corrected chi connectivity index (χ0v) is 13.9. The van der Waals surface area contributed by atoms with Gasteiger partial charge in [-0.15, -0.1) is 0 Å². The zero-order valence-electron chi connectivity index (χ0n) is 13.9. The van der Waals surface area contributed by atoms with E-state index in [9.17, 15) is 19.5 Å². The first-order valence-corrected chi connectivity index (χ1v) is 8.27. The Balaban J connectivity index is 1.76. The summed E-state index contributed by atoms with van der Waals surface area (Å²) in [5, 5.41) is 12.5. The molecule has 1 aliphatic rings. The smallest absolute Gasteiger partial charge is 0.328 e. The van der Waals surface area contributed by atoms with Gasteiger partial charge in [0.15, 0.2) is 0 Å². The van der Waals surface area contributed by atoms with Crippen molar-refractivity contribution in [1.29, 1.82) is 0 Å². The largest absolute Gasteiger partial charge is 0.393 e. The van der Waals surface area contributed by atoms with Gasteiger partial charge >= 0.3 is 5.69 Å². The van der Waals surface area contributed by atoms with Gasteiger partial charge < -0.3 is 10.4 Å². The van der Waals surface area contributed by atoms with Crippen LogP contribution in [0.15, 0.2) is 46.1 Å². The van der Waals surface area contributed by atoms with Crippen molar-refractivity contribution in [1.82, 2.24) is 14.9 Å². The summed E-state index contributed by atoms with van der Waals surface area (Å²) in [5.74, 6) is -0.154. The quantitative estimate of drug-likeness (QED) is 0.734. The molecule has 7 heteroatoms. The number of aromatic amines is 1. The van der Waals surface area contributed by atoms with E-state index in [1.807, 2.05) is 30.3 Å². The van der Waals surface area contributed by atoms with Crippen LogP contribution in [0.2, 0.25) is 0 Å². The molecule has 0 spiro atoms. The molecule has 3 N–H and O–H groups in total. The highest BCUT2D eigenvalue weighted by molar-refractivity contribution is 5.76. The second-order valence-electron chi connectivity index (χ2n) is 6.54. The molecular formula is C18H21N3O4. The van der Waals surface area contributed by atoms with Crippen LogP contribution >= 0.6 is 0 Å². The number of benzene rings is 1. The van der Waals surface area contributed by atoms with E-state index in [0.717, 1.165) is 5.56 Å². The lowest BCUT2D eigenvalue weighted by molar-refractivity contribution is -0.123. The fourth-order valence-corrected chi connectivity index (χ4v) is 3.15. The first-order valence-electron chi connectivity index (χ1n) is 8.27. The van der Waals surface area contributed by atoms with Crippen molar-refractivity contribution in [3.05, 3.63) is 68.5 Å². The van der Waals surface area contributed by atoms with Gasteiger partial charge in [-0.3, -0.25) is 19.1 Å². The second kappa shape index (κ2) is 7.06. The minimum atomic E-state index is -0.610. The fraction of sp³-hybridized carbons (Fsp3) is 0.389. The number of H-pyrrole nitrogens is 1. The van der Waals surface area contributed by atoms with Crippen LogP contribution in [0.25, 0.3) is 0 Å². The zero-order chi connectivity index (χ0) is 18.0. The first-order chi connectivity index (χ1) is 11.9. The summed E-state index contributed by atoms with van der Waals surface area (Å²) in [5.41, 5.74) is 0.278. The van der Waals surface area contributed by atoms with Crippen LogP contribution in [-0.4, -0.2) is 26.7 Å². The molecule has 0 saturated heterocycles. The Kier molecular flexibility index (Phi) is 4.85. The highest BCUT2D eigenvalue weighted by Crippen LogP contribution is 2.37. The van der Waals surface area contributed by atoms with E-state index in [4.69, 9.17) is 0 Å². The highest BCUT2D eigenvalue weighted by Gasteiger charge is 2.35. The summed E-state index contributed by atoms with van der Waals surface area (Å²) < 4.78 is 1.18. The molecule has 0 radical (unpaired) electrons. The lowest BCUT2D eigenvalue weighted by Gasteiger charge is -2.38. The SMILES string of the molecule is Cc1cn(CC(=O)N[C@H](c2ccccc2)C2CC(O)C2)c(=O)[nH]c1=O. The lowest BCUT2D eigenvalue weighted by Crippen LogP contribution is -2.43. The Morgan fingerprint density at radius 1 is 1.32 bits per heavy atom. The van der Waals surface area contributed by atoms with Crippen molar-refractivity contribution in [2.45, 2.75) is 38.5 Å². The van der Waals surface area contributed by atoms with Crippen molar-refractivity contribution in [3.63, 3.8) is 0 Å². The van der Waals surface area contributed by atoms with Crippen molar-refractivity contribution in [2.75, 3.05) is 0 Å². The standard InChI is InChI=1S/C18H21N3O4/c1-11-9-21(18(25)20-17(11)24)10-15(23)19-16(13-7-14(22)8-13)12-5-3-2-4-6-12/h2-6,9,13-14,16,22H,7-8,10H2,1H3,(H,19,23)(H,20,24,25)/t13?,14?,16-/m1/s1. The molecule has 3 rings (SSSR count). The number of aromatic nitrogens is 2. The summed E-state index contributed by atoms with van der Waals surface area (Å²) >= 11 is 0. The minimum absolute atomic E-state index is 0.162. The Hall–Kier alpha value is -2.67. The average molecular weight is 343 g/mol. The predicted molar refractivity (Wildman–Crippen MR) is 92.1 cm³/mol. The summed E-state index contributed by atoms with van der Waals surface area (Å²) in [6.07, 6.45) is 2.33. The van der Waals surface area contributed by atoms with E-state index >= 15 is 0 Å². The molecule has 0 unspecified atom stereocenters. The van der Waals surface area contributed by atoms with Gasteiger partial charge in [0.05, 0.1) is 12.1 Å². The molecule has 1 saturated carbocycles. The van der Waals surface area contributed by atoms with Gasteiger partial charge in [0.25, 0.3) is 5.56 Å². The van der Waals surface area contributed by atoms with Gasteiger partial charge in [0.2, 0.25) is 5.91 Å². The van der Waals surface area contributed by atoms with Crippen LogP contribution < -0.4 is 16.6 Å². The van der Waals surface area contributed by atoms with Crippen LogP contribution in [0.4, 0.5) is 0 Å². The molecule has 1 heterocycles. The monoisotopic (exact) mass is 343 g/mol. The van der Waals surface area contributed by atoms with Crippen molar-refractivity contribution < 1.29 is 9.90 Å². The summed E-state index contributed by atoms with van der Waals surface area (Å²) in [6.45, 7) is 1.41. The molecule has 1 aliphatic carbocycles.